The van der Waals surface area contributed by atoms with Crippen LogP contribution in [0.4, 0.5) is 0 Å². The number of carbonyl (C=O) groups excluding carboxylic acids is 2. The maximum Gasteiger partial charge on any atom is 0.319 e. The highest BCUT2D eigenvalue weighted by atomic mass is 32.2. The molecule has 2 rings (SSSR count). The molecule has 2 aromatic rings. The SMILES string of the molecule is COC(=O)C(CCCC(SC(=S)c1ccccc1)C(=O)OC)SC(=S)c1ccccc1. The van der Waals surface area contributed by atoms with Crippen LogP contribution in [0.3, 0.4) is 0 Å². The van der Waals surface area contributed by atoms with E-state index in [2.05, 4.69) is 0 Å². The second-order valence-corrected chi connectivity index (χ2v) is 10.3. The Morgan fingerprint density at radius 1 is 0.742 bits per heavy atom. The maximum atomic E-state index is 12.3. The third kappa shape index (κ3) is 8.37. The molecule has 0 aliphatic heterocycles. The Morgan fingerprint density at radius 2 is 1.10 bits per heavy atom. The molecule has 0 amide bonds. The second kappa shape index (κ2) is 13.6. The number of rotatable bonds is 10. The van der Waals surface area contributed by atoms with Crippen molar-refractivity contribution < 1.29 is 19.1 Å². The van der Waals surface area contributed by atoms with Gasteiger partial charge in [-0.05, 0) is 24.0 Å². The molecule has 0 bridgehead atoms. The molecule has 0 saturated carbocycles. The van der Waals surface area contributed by atoms with Crippen LogP contribution in [0.15, 0.2) is 60.7 Å². The summed E-state index contributed by atoms with van der Waals surface area (Å²) >= 11 is 13.6. The van der Waals surface area contributed by atoms with Gasteiger partial charge in [0.2, 0.25) is 0 Å². The molecular formula is C23H24O4S4. The van der Waals surface area contributed by atoms with Gasteiger partial charge in [0.05, 0.1) is 22.6 Å². The van der Waals surface area contributed by atoms with Crippen molar-refractivity contribution in [3.63, 3.8) is 0 Å². The molecular weight excluding hydrogens is 469 g/mol. The fourth-order valence-corrected chi connectivity index (χ4v) is 5.73. The van der Waals surface area contributed by atoms with E-state index in [9.17, 15) is 9.59 Å². The first-order valence-corrected chi connectivity index (χ1v) is 12.2. The normalized spacial score (nSPS) is 12.5. The van der Waals surface area contributed by atoms with Crippen molar-refractivity contribution in [3.05, 3.63) is 71.8 Å². The van der Waals surface area contributed by atoms with Crippen LogP contribution >= 0.6 is 48.0 Å². The number of hydrogen-bond donors (Lipinski definition) is 0. The third-order valence-corrected chi connectivity index (χ3v) is 7.75. The monoisotopic (exact) mass is 492 g/mol. The van der Waals surface area contributed by atoms with Gasteiger partial charge in [-0.1, -0.05) is 115 Å². The minimum absolute atomic E-state index is 0.328. The molecule has 0 saturated heterocycles. The molecule has 31 heavy (non-hydrogen) atoms. The average Bonchev–Trinajstić information content (AvgIpc) is 2.82. The van der Waals surface area contributed by atoms with Gasteiger partial charge in [-0.25, -0.2) is 0 Å². The lowest BCUT2D eigenvalue weighted by atomic mass is 10.1. The van der Waals surface area contributed by atoms with Crippen LogP contribution in [0, 0.1) is 0 Å². The van der Waals surface area contributed by atoms with Gasteiger partial charge in [0, 0.05) is 0 Å². The standard InChI is InChI=1S/C23H24O4S4/c1-26-20(24)18(30-22(28)16-10-5-3-6-11-16)14-9-15-19(21(25)27-2)31-23(29)17-12-7-4-8-13-17/h3-8,10-13,18-19H,9,14-15H2,1-2H3. The van der Waals surface area contributed by atoms with Crippen LogP contribution in [0.25, 0.3) is 0 Å². The first-order valence-electron chi connectivity index (χ1n) is 9.64. The summed E-state index contributed by atoms with van der Waals surface area (Å²) in [6.07, 6.45) is 1.67. The van der Waals surface area contributed by atoms with E-state index in [1.165, 1.54) is 37.7 Å². The summed E-state index contributed by atoms with van der Waals surface area (Å²) in [5.74, 6) is -0.657. The van der Waals surface area contributed by atoms with Crippen molar-refractivity contribution >= 4 is 68.3 Å². The predicted molar refractivity (Wildman–Crippen MR) is 137 cm³/mol. The van der Waals surface area contributed by atoms with Gasteiger partial charge in [0.25, 0.3) is 0 Å². The van der Waals surface area contributed by atoms with E-state index >= 15 is 0 Å². The zero-order valence-electron chi connectivity index (χ0n) is 17.3. The van der Waals surface area contributed by atoms with Crippen molar-refractivity contribution in [3.8, 4) is 0 Å². The fraction of sp³-hybridized carbons (Fsp3) is 0.304. The van der Waals surface area contributed by atoms with Crippen LogP contribution in [-0.4, -0.2) is 45.1 Å². The molecule has 2 unspecified atom stereocenters. The molecule has 0 N–H and O–H groups in total. The van der Waals surface area contributed by atoms with Crippen LogP contribution in [0.5, 0.6) is 0 Å². The minimum atomic E-state index is -0.443. The first kappa shape index (κ1) is 25.5. The number of thiocarbonyl (C=S) groups is 2. The lowest BCUT2D eigenvalue weighted by Gasteiger charge is -2.18. The van der Waals surface area contributed by atoms with E-state index in [0.29, 0.717) is 27.7 Å². The highest BCUT2D eigenvalue weighted by molar-refractivity contribution is 8.24. The molecule has 164 valence electrons. The average molecular weight is 493 g/mol. The molecule has 2 atom stereocenters. The fourth-order valence-electron chi connectivity index (χ4n) is 2.74. The Kier molecular flexibility index (Phi) is 11.2. The number of ether oxygens (including phenoxy) is 2. The van der Waals surface area contributed by atoms with E-state index in [4.69, 9.17) is 33.9 Å². The Balaban J connectivity index is 1.98. The third-order valence-electron chi connectivity index (χ3n) is 4.38. The Morgan fingerprint density at radius 3 is 1.42 bits per heavy atom. The molecule has 0 heterocycles. The van der Waals surface area contributed by atoms with Crippen LogP contribution in [-0.2, 0) is 19.1 Å². The van der Waals surface area contributed by atoms with Crippen LogP contribution < -0.4 is 0 Å². The molecule has 4 nitrogen and oxygen atoms in total. The summed E-state index contributed by atoms with van der Waals surface area (Å²) < 4.78 is 11.2. The number of thioether (sulfide) groups is 2. The Hall–Kier alpha value is -1.74. The smallest absolute Gasteiger partial charge is 0.319 e. The number of esters is 2. The predicted octanol–water partition coefficient (Wildman–Crippen LogP) is 5.46. The molecule has 2 aromatic carbocycles. The highest BCUT2D eigenvalue weighted by Gasteiger charge is 2.26. The zero-order valence-corrected chi connectivity index (χ0v) is 20.6. The van der Waals surface area contributed by atoms with Gasteiger partial charge in [-0.2, -0.15) is 0 Å². The summed E-state index contributed by atoms with van der Waals surface area (Å²) in [6, 6.07) is 19.1. The van der Waals surface area contributed by atoms with E-state index in [0.717, 1.165) is 11.1 Å². The topological polar surface area (TPSA) is 52.6 Å². The van der Waals surface area contributed by atoms with E-state index in [1.54, 1.807) is 0 Å². The van der Waals surface area contributed by atoms with Crippen molar-refractivity contribution in [1.29, 1.82) is 0 Å². The summed E-state index contributed by atoms with van der Waals surface area (Å²) in [6.45, 7) is 0. The van der Waals surface area contributed by atoms with Crippen molar-refractivity contribution in [2.75, 3.05) is 14.2 Å². The number of carbonyl (C=O) groups is 2. The van der Waals surface area contributed by atoms with Gasteiger partial charge in [-0.3, -0.25) is 9.59 Å². The van der Waals surface area contributed by atoms with Gasteiger partial charge >= 0.3 is 11.9 Å². The van der Waals surface area contributed by atoms with E-state index in [-0.39, 0.29) is 11.9 Å². The number of methoxy groups -OCH3 is 2. The molecule has 0 spiro atoms. The number of benzene rings is 2. The molecule has 0 fully saturated rings. The lowest BCUT2D eigenvalue weighted by Crippen LogP contribution is -2.23. The Labute approximate surface area is 202 Å². The number of hydrogen-bond acceptors (Lipinski definition) is 8. The minimum Gasteiger partial charge on any atom is -0.468 e. The van der Waals surface area contributed by atoms with E-state index in [1.807, 2.05) is 60.7 Å². The molecule has 0 aliphatic carbocycles. The van der Waals surface area contributed by atoms with Crippen molar-refractivity contribution in [2.45, 2.75) is 29.8 Å². The Bertz CT molecular complexity index is 813. The summed E-state index contributed by atoms with van der Waals surface area (Å²) in [5.41, 5.74) is 1.79. The molecule has 0 aliphatic rings. The highest BCUT2D eigenvalue weighted by Crippen LogP contribution is 2.28. The summed E-state index contributed by atoms with van der Waals surface area (Å²) in [7, 11) is 2.74. The molecule has 8 heteroatoms. The van der Waals surface area contributed by atoms with Gasteiger partial charge < -0.3 is 9.47 Å². The van der Waals surface area contributed by atoms with Crippen LogP contribution in [0.2, 0.25) is 0 Å². The van der Waals surface area contributed by atoms with Crippen LogP contribution in [0.1, 0.15) is 30.4 Å². The molecule has 0 radical (unpaired) electrons. The zero-order chi connectivity index (χ0) is 22.6. The largest absolute Gasteiger partial charge is 0.468 e. The van der Waals surface area contributed by atoms with E-state index < -0.39 is 10.5 Å². The van der Waals surface area contributed by atoms with Crippen molar-refractivity contribution in [1.82, 2.24) is 0 Å². The quantitative estimate of drug-likeness (QED) is 0.320. The summed E-state index contributed by atoms with van der Waals surface area (Å²) in [4.78, 5) is 24.6. The second-order valence-electron chi connectivity index (χ2n) is 6.50. The van der Waals surface area contributed by atoms with Gasteiger partial charge in [-0.15, -0.1) is 0 Å². The molecule has 0 aromatic heterocycles. The van der Waals surface area contributed by atoms with Gasteiger partial charge in [0.1, 0.15) is 10.5 Å². The maximum absolute atomic E-state index is 12.3. The summed E-state index contributed by atoms with van der Waals surface area (Å²) in [5, 5.41) is -0.885. The van der Waals surface area contributed by atoms with Crippen molar-refractivity contribution in [2.24, 2.45) is 0 Å². The first-order chi connectivity index (χ1) is 15.0. The van der Waals surface area contributed by atoms with Gasteiger partial charge in [0.15, 0.2) is 0 Å². The lowest BCUT2D eigenvalue weighted by molar-refractivity contribution is -0.140.